The molecule has 0 amide bonds. The molecule has 0 unspecified atom stereocenters. The Balaban J connectivity index is 1.89. The Morgan fingerprint density at radius 3 is 2.39 bits per heavy atom. The van der Waals surface area contributed by atoms with Gasteiger partial charge in [-0.2, -0.15) is 0 Å². The quantitative estimate of drug-likeness (QED) is 0.788. The van der Waals surface area contributed by atoms with E-state index >= 15 is 0 Å². The van der Waals surface area contributed by atoms with E-state index in [1.165, 1.54) is 12.1 Å². The normalized spacial score (nSPS) is 11.4. The van der Waals surface area contributed by atoms with Crippen LogP contribution >= 0.6 is 0 Å². The largest absolute Gasteiger partial charge is 0.489 e. The molecule has 0 radical (unpaired) electrons. The smallest absolute Gasteiger partial charge is 0.240 e. The predicted molar refractivity (Wildman–Crippen MR) is 82.9 cm³/mol. The zero-order chi connectivity index (χ0) is 16.9. The third-order valence-electron chi connectivity index (χ3n) is 3.19. The fourth-order valence-electron chi connectivity index (χ4n) is 1.92. The second kappa shape index (κ2) is 7.52. The molecule has 0 atom stereocenters. The van der Waals surface area contributed by atoms with E-state index in [4.69, 9.17) is 4.74 Å². The van der Waals surface area contributed by atoms with Crippen molar-refractivity contribution in [1.29, 1.82) is 0 Å². The molecule has 0 fully saturated rings. The van der Waals surface area contributed by atoms with Crippen LogP contribution in [0, 0.1) is 11.6 Å². The second-order valence-corrected chi connectivity index (χ2v) is 6.59. The van der Waals surface area contributed by atoms with Crippen molar-refractivity contribution in [2.75, 3.05) is 13.2 Å². The number of hydrogen-bond acceptors (Lipinski definition) is 3. The number of aryl methyl sites for hydroxylation is 1. The van der Waals surface area contributed by atoms with Crippen LogP contribution in [0.2, 0.25) is 0 Å². The zero-order valence-corrected chi connectivity index (χ0v) is 13.4. The summed E-state index contributed by atoms with van der Waals surface area (Å²) in [5.41, 5.74) is 1.04. The molecule has 0 bridgehead atoms. The molecule has 0 saturated carbocycles. The van der Waals surface area contributed by atoms with Crippen molar-refractivity contribution in [2.45, 2.75) is 18.2 Å². The van der Waals surface area contributed by atoms with Crippen LogP contribution in [0.1, 0.15) is 12.5 Å². The van der Waals surface area contributed by atoms with E-state index in [0.29, 0.717) is 6.07 Å². The lowest BCUT2D eigenvalue weighted by atomic mass is 10.2. The number of ether oxygens (including phenoxy) is 1. The van der Waals surface area contributed by atoms with Crippen molar-refractivity contribution in [3.63, 3.8) is 0 Å². The maximum Gasteiger partial charge on any atom is 0.240 e. The standard InChI is InChI=1S/C16H17F2NO3S/c1-2-12-3-6-14(7-4-12)23(20,21)19-9-10-22-16-8-5-13(17)11-15(16)18/h3-8,11,19H,2,9-10H2,1H3. The minimum absolute atomic E-state index is 0.0331. The number of nitrogens with one attached hydrogen (secondary N) is 1. The van der Waals surface area contributed by atoms with Crippen molar-refractivity contribution < 1.29 is 21.9 Å². The Hall–Kier alpha value is -1.99. The highest BCUT2D eigenvalue weighted by Crippen LogP contribution is 2.17. The second-order valence-electron chi connectivity index (χ2n) is 4.82. The summed E-state index contributed by atoms with van der Waals surface area (Å²) in [7, 11) is -3.64. The molecule has 124 valence electrons. The van der Waals surface area contributed by atoms with E-state index in [1.807, 2.05) is 6.92 Å². The topological polar surface area (TPSA) is 55.4 Å². The monoisotopic (exact) mass is 341 g/mol. The first kappa shape index (κ1) is 17.4. The van der Waals surface area contributed by atoms with E-state index in [9.17, 15) is 17.2 Å². The highest BCUT2D eigenvalue weighted by molar-refractivity contribution is 7.89. The lowest BCUT2D eigenvalue weighted by molar-refractivity contribution is 0.305. The highest BCUT2D eigenvalue weighted by atomic mass is 32.2. The van der Waals surface area contributed by atoms with E-state index in [2.05, 4.69) is 4.72 Å². The van der Waals surface area contributed by atoms with Gasteiger partial charge in [0.05, 0.1) is 4.90 Å². The summed E-state index contributed by atoms with van der Waals surface area (Å²) in [6, 6.07) is 9.48. The molecule has 4 nitrogen and oxygen atoms in total. The van der Waals surface area contributed by atoms with Crippen LogP contribution in [-0.2, 0) is 16.4 Å². The molecule has 0 aliphatic heterocycles. The van der Waals surface area contributed by atoms with Gasteiger partial charge in [-0.15, -0.1) is 0 Å². The minimum Gasteiger partial charge on any atom is -0.489 e. The Kier molecular flexibility index (Phi) is 5.68. The molecule has 7 heteroatoms. The molecular formula is C16H17F2NO3S. The van der Waals surface area contributed by atoms with Gasteiger partial charge in [-0.05, 0) is 36.2 Å². The average molecular weight is 341 g/mol. The Labute approximate surface area is 134 Å². The van der Waals surface area contributed by atoms with Crippen LogP contribution in [0.15, 0.2) is 47.4 Å². The van der Waals surface area contributed by atoms with Gasteiger partial charge < -0.3 is 4.74 Å². The van der Waals surface area contributed by atoms with E-state index in [0.717, 1.165) is 24.1 Å². The molecule has 0 aromatic heterocycles. The van der Waals surface area contributed by atoms with Crippen LogP contribution in [0.5, 0.6) is 5.75 Å². The predicted octanol–water partition coefficient (Wildman–Crippen LogP) is 2.88. The lowest BCUT2D eigenvalue weighted by Gasteiger charge is -2.09. The molecule has 0 heterocycles. The summed E-state index contributed by atoms with van der Waals surface area (Å²) in [5.74, 6) is -1.66. The number of rotatable bonds is 7. The molecule has 1 N–H and O–H groups in total. The first-order valence-corrected chi connectivity index (χ1v) is 8.57. The van der Waals surface area contributed by atoms with E-state index < -0.39 is 21.7 Å². The highest BCUT2D eigenvalue weighted by Gasteiger charge is 2.13. The maximum atomic E-state index is 13.3. The van der Waals surface area contributed by atoms with Crippen LogP contribution in [0.3, 0.4) is 0 Å². The van der Waals surface area contributed by atoms with Crippen LogP contribution in [0.25, 0.3) is 0 Å². The van der Waals surface area contributed by atoms with Gasteiger partial charge in [0.25, 0.3) is 0 Å². The summed E-state index contributed by atoms with van der Waals surface area (Å²) in [6.45, 7) is 1.87. The molecule has 2 aromatic rings. The van der Waals surface area contributed by atoms with Crippen molar-refractivity contribution in [3.8, 4) is 5.75 Å². The fraction of sp³-hybridized carbons (Fsp3) is 0.250. The summed E-state index contributed by atoms with van der Waals surface area (Å²) in [6.07, 6.45) is 0.824. The van der Waals surface area contributed by atoms with Crippen molar-refractivity contribution in [2.24, 2.45) is 0 Å². The molecule has 0 saturated heterocycles. The Morgan fingerprint density at radius 1 is 1.09 bits per heavy atom. The number of halogens is 2. The molecule has 0 spiro atoms. The summed E-state index contributed by atoms with van der Waals surface area (Å²) in [5, 5.41) is 0. The van der Waals surface area contributed by atoms with Gasteiger partial charge in [-0.3, -0.25) is 0 Å². The van der Waals surface area contributed by atoms with Gasteiger partial charge in [0.15, 0.2) is 11.6 Å². The first-order valence-electron chi connectivity index (χ1n) is 7.09. The van der Waals surface area contributed by atoms with Crippen LogP contribution in [-0.4, -0.2) is 21.6 Å². The van der Waals surface area contributed by atoms with Gasteiger partial charge in [0, 0.05) is 12.6 Å². The van der Waals surface area contributed by atoms with E-state index in [1.54, 1.807) is 12.1 Å². The lowest BCUT2D eigenvalue weighted by Crippen LogP contribution is -2.28. The fourth-order valence-corrected chi connectivity index (χ4v) is 2.93. The molecule has 0 aliphatic rings. The molecule has 23 heavy (non-hydrogen) atoms. The molecule has 2 rings (SSSR count). The maximum absolute atomic E-state index is 13.3. The van der Waals surface area contributed by atoms with Gasteiger partial charge in [0.2, 0.25) is 10.0 Å². The van der Waals surface area contributed by atoms with Crippen molar-refractivity contribution in [3.05, 3.63) is 59.7 Å². The van der Waals surface area contributed by atoms with Gasteiger partial charge >= 0.3 is 0 Å². The van der Waals surface area contributed by atoms with Crippen LogP contribution < -0.4 is 9.46 Å². The number of sulfonamides is 1. The SMILES string of the molecule is CCc1ccc(S(=O)(=O)NCCOc2ccc(F)cc2F)cc1. The molecule has 2 aromatic carbocycles. The van der Waals surface area contributed by atoms with E-state index in [-0.39, 0.29) is 23.8 Å². The van der Waals surface area contributed by atoms with Crippen molar-refractivity contribution >= 4 is 10.0 Å². The van der Waals surface area contributed by atoms with Gasteiger partial charge in [-0.1, -0.05) is 19.1 Å². The third kappa shape index (κ3) is 4.74. The van der Waals surface area contributed by atoms with Gasteiger partial charge in [0.1, 0.15) is 12.4 Å². The van der Waals surface area contributed by atoms with Crippen LogP contribution in [0.4, 0.5) is 8.78 Å². The zero-order valence-electron chi connectivity index (χ0n) is 12.6. The first-order chi connectivity index (χ1) is 10.9. The Bertz CT molecular complexity index is 761. The number of hydrogen-bond donors (Lipinski definition) is 1. The summed E-state index contributed by atoms with van der Waals surface area (Å²) < 4.78 is 57.7. The Morgan fingerprint density at radius 2 is 1.78 bits per heavy atom. The molecule has 0 aliphatic carbocycles. The average Bonchev–Trinajstić information content (AvgIpc) is 2.53. The number of benzene rings is 2. The third-order valence-corrected chi connectivity index (χ3v) is 4.66. The van der Waals surface area contributed by atoms with Crippen molar-refractivity contribution in [1.82, 2.24) is 4.72 Å². The molecular weight excluding hydrogens is 324 g/mol. The van der Waals surface area contributed by atoms with Gasteiger partial charge in [-0.25, -0.2) is 21.9 Å². The minimum atomic E-state index is -3.64. The summed E-state index contributed by atoms with van der Waals surface area (Å²) in [4.78, 5) is 0.155. The summed E-state index contributed by atoms with van der Waals surface area (Å²) >= 11 is 0.